The van der Waals surface area contributed by atoms with Gasteiger partial charge >= 0.3 is 5.97 Å². The minimum absolute atomic E-state index is 0.218. The van der Waals surface area contributed by atoms with Crippen molar-refractivity contribution in [3.63, 3.8) is 0 Å². The predicted molar refractivity (Wildman–Crippen MR) is 79.9 cm³/mol. The number of anilines is 1. The van der Waals surface area contributed by atoms with Gasteiger partial charge in [0, 0.05) is 12.6 Å². The van der Waals surface area contributed by atoms with E-state index >= 15 is 0 Å². The fraction of sp³-hybridized carbons (Fsp3) is 0.467. The largest absolute Gasteiger partial charge is 0.478 e. The van der Waals surface area contributed by atoms with Crippen molar-refractivity contribution in [2.24, 2.45) is 0 Å². The quantitative estimate of drug-likeness (QED) is 0.897. The van der Waals surface area contributed by atoms with Crippen LogP contribution in [-0.4, -0.2) is 41.7 Å². The third-order valence-electron chi connectivity index (χ3n) is 3.96. The lowest BCUT2D eigenvalue weighted by Gasteiger charge is -2.32. The number of piperidine rings is 1. The van der Waals surface area contributed by atoms with Gasteiger partial charge < -0.3 is 19.7 Å². The fourth-order valence-corrected chi connectivity index (χ4v) is 2.84. The Hall–Kier alpha value is -2.08. The molecule has 1 aromatic heterocycles. The molecule has 2 N–H and O–H groups in total. The molecular formula is C15H19N3O3. The molecule has 0 spiro atoms. The van der Waals surface area contributed by atoms with Gasteiger partial charge in [-0.25, -0.2) is 4.79 Å². The molecule has 6 nitrogen and oxygen atoms in total. The van der Waals surface area contributed by atoms with E-state index in [2.05, 4.69) is 22.1 Å². The van der Waals surface area contributed by atoms with Gasteiger partial charge in [-0.1, -0.05) is 0 Å². The lowest BCUT2D eigenvalue weighted by atomic mass is 10.1. The molecule has 1 aliphatic heterocycles. The van der Waals surface area contributed by atoms with Crippen molar-refractivity contribution in [3.05, 3.63) is 23.8 Å². The molecule has 0 amide bonds. The van der Waals surface area contributed by atoms with Crippen molar-refractivity contribution in [1.82, 2.24) is 10.3 Å². The standard InChI is InChI=1S/C15H19N3O3/c1-2-18(11-5-7-16-8-6-11)15-17-12-4-3-10(14(19)20)9-13(12)21-15/h3-4,9,11,16H,2,5-8H2,1H3,(H,19,20). The summed E-state index contributed by atoms with van der Waals surface area (Å²) in [5.74, 6) is -0.958. The zero-order chi connectivity index (χ0) is 14.8. The number of aromatic nitrogens is 1. The van der Waals surface area contributed by atoms with E-state index in [1.165, 1.54) is 6.07 Å². The molecule has 0 unspecified atom stereocenters. The van der Waals surface area contributed by atoms with Gasteiger partial charge in [-0.15, -0.1) is 0 Å². The lowest BCUT2D eigenvalue weighted by Crippen LogP contribution is -2.43. The molecule has 1 fully saturated rings. The maximum Gasteiger partial charge on any atom is 0.335 e. The molecule has 21 heavy (non-hydrogen) atoms. The van der Waals surface area contributed by atoms with Crippen molar-refractivity contribution < 1.29 is 14.3 Å². The van der Waals surface area contributed by atoms with Gasteiger partial charge in [0.15, 0.2) is 5.58 Å². The minimum atomic E-state index is -0.958. The fourth-order valence-electron chi connectivity index (χ4n) is 2.84. The minimum Gasteiger partial charge on any atom is -0.478 e. The highest BCUT2D eigenvalue weighted by molar-refractivity contribution is 5.92. The normalized spacial score (nSPS) is 16.2. The number of benzene rings is 1. The topological polar surface area (TPSA) is 78.6 Å². The average molecular weight is 289 g/mol. The number of carboxylic acids is 1. The van der Waals surface area contributed by atoms with Crippen LogP contribution < -0.4 is 10.2 Å². The highest BCUT2D eigenvalue weighted by atomic mass is 16.4. The number of carbonyl (C=O) groups is 1. The number of oxazole rings is 1. The van der Waals surface area contributed by atoms with Crippen LogP contribution in [0.25, 0.3) is 11.1 Å². The molecule has 2 aromatic rings. The Balaban J connectivity index is 1.92. The Labute approximate surface area is 122 Å². The number of carboxylic acid groups (broad SMARTS) is 1. The second-order valence-corrected chi connectivity index (χ2v) is 5.25. The number of nitrogens with one attached hydrogen (secondary N) is 1. The van der Waals surface area contributed by atoms with Crippen LogP contribution in [0.15, 0.2) is 22.6 Å². The maximum absolute atomic E-state index is 11.0. The second kappa shape index (κ2) is 5.73. The van der Waals surface area contributed by atoms with Gasteiger partial charge in [-0.3, -0.25) is 0 Å². The van der Waals surface area contributed by atoms with Crippen LogP contribution in [-0.2, 0) is 0 Å². The molecule has 0 bridgehead atoms. The summed E-state index contributed by atoms with van der Waals surface area (Å²) in [5.41, 5.74) is 1.44. The number of nitrogens with zero attached hydrogens (tertiary/aromatic N) is 2. The Morgan fingerprint density at radius 1 is 1.48 bits per heavy atom. The molecule has 0 radical (unpaired) electrons. The zero-order valence-corrected chi connectivity index (χ0v) is 12.0. The number of hydrogen-bond acceptors (Lipinski definition) is 5. The summed E-state index contributed by atoms with van der Waals surface area (Å²) < 4.78 is 5.80. The molecule has 0 aliphatic carbocycles. The molecule has 2 heterocycles. The first-order chi connectivity index (χ1) is 10.2. The molecule has 3 rings (SSSR count). The third-order valence-corrected chi connectivity index (χ3v) is 3.96. The SMILES string of the molecule is CCN(c1nc2ccc(C(=O)O)cc2o1)C1CCNCC1. The second-order valence-electron chi connectivity index (χ2n) is 5.25. The molecule has 1 aliphatic rings. The van der Waals surface area contributed by atoms with Crippen LogP contribution in [0.5, 0.6) is 0 Å². The van der Waals surface area contributed by atoms with Crippen LogP contribution >= 0.6 is 0 Å². The lowest BCUT2D eigenvalue weighted by molar-refractivity contribution is 0.0697. The molecule has 1 aromatic carbocycles. The van der Waals surface area contributed by atoms with E-state index in [0.717, 1.165) is 32.5 Å². The van der Waals surface area contributed by atoms with E-state index < -0.39 is 5.97 Å². The molecule has 0 saturated carbocycles. The summed E-state index contributed by atoms with van der Waals surface area (Å²) in [6, 6.07) is 5.79. The van der Waals surface area contributed by atoms with Gasteiger partial charge in [0.25, 0.3) is 6.01 Å². The predicted octanol–water partition coefficient (Wildman–Crippen LogP) is 2.10. The number of fused-ring (bicyclic) bond motifs is 1. The first-order valence-corrected chi connectivity index (χ1v) is 7.30. The molecule has 112 valence electrons. The van der Waals surface area contributed by atoms with E-state index in [9.17, 15) is 4.79 Å². The summed E-state index contributed by atoms with van der Waals surface area (Å²) in [7, 11) is 0. The van der Waals surface area contributed by atoms with E-state index in [-0.39, 0.29) is 5.56 Å². The molecule has 6 heteroatoms. The van der Waals surface area contributed by atoms with Crippen LogP contribution in [0, 0.1) is 0 Å². The highest BCUT2D eigenvalue weighted by Crippen LogP contribution is 2.26. The summed E-state index contributed by atoms with van der Waals surface area (Å²) in [6.45, 7) is 4.91. The Morgan fingerprint density at radius 3 is 2.90 bits per heavy atom. The van der Waals surface area contributed by atoms with Gasteiger partial charge in [0.05, 0.1) is 5.56 Å². The first-order valence-electron chi connectivity index (χ1n) is 7.30. The summed E-state index contributed by atoms with van der Waals surface area (Å²) in [4.78, 5) is 17.7. The summed E-state index contributed by atoms with van der Waals surface area (Å²) in [5, 5.41) is 12.4. The van der Waals surface area contributed by atoms with E-state index in [1.807, 2.05) is 0 Å². The monoisotopic (exact) mass is 289 g/mol. The van der Waals surface area contributed by atoms with Crippen molar-refractivity contribution in [2.75, 3.05) is 24.5 Å². The average Bonchev–Trinajstić information content (AvgIpc) is 2.91. The van der Waals surface area contributed by atoms with Crippen molar-refractivity contribution >= 4 is 23.1 Å². The summed E-state index contributed by atoms with van der Waals surface area (Å²) in [6.07, 6.45) is 2.12. The molecular weight excluding hydrogens is 270 g/mol. The van der Waals surface area contributed by atoms with Gasteiger partial charge in [0.2, 0.25) is 0 Å². The van der Waals surface area contributed by atoms with E-state index in [0.29, 0.717) is 23.2 Å². The van der Waals surface area contributed by atoms with Crippen molar-refractivity contribution in [2.45, 2.75) is 25.8 Å². The molecule has 1 saturated heterocycles. The highest BCUT2D eigenvalue weighted by Gasteiger charge is 2.24. The van der Waals surface area contributed by atoms with E-state index in [1.54, 1.807) is 12.1 Å². The Bertz CT molecular complexity index is 647. The number of rotatable bonds is 4. The van der Waals surface area contributed by atoms with Crippen molar-refractivity contribution in [3.8, 4) is 0 Å². The molecule has 0 atom stereocenters. The maximum atomic E-state index is 11.0. The number of hydrogen-bond donors (Lipinski definition) is 2. The third kappa shape index (κ3) is 2.71. The van der Waals surface area contributed by atoms with Gasteiger partial charge in [-0.05, 0) is 51.1 Å². The van der Waals surface area contributed by atoms with Gasteiger partial charge in [0.1, 0.15) is 5.52 Å². The van der Waals surface area contributed by atoms with Crippen LogP contribution in [0.4, 0.5) is 6.01 Å². The van der Waals surface area contributed by atoms with Crippen molar-refractivity contribution in [1.29, 1.82) is 0 Å². The van der Waals surface area contributed by atoms with Crippen LogP contribution in [0.1, 0.15) is 30.1 Å². The zero-order valence-electron chi connectivity index (χ0n) is 12.0. The van der Waals surface area contributed by atoms with E-state index in [4.69, 9.17) is 9.52 Å². The summed E-state index contributed by atoms with van der Waals surface area (Å²) >= 11 is 0. The van der Waals surface area contributed by atoms with Crippen LogP contribution in [0.2, 0.25) is 0 Å². The Kier molecular flexibility index (Phi) is 3.79. The first kappa shape index (κ1) is 13.9. The smallest absolute Gasteiger partial charge is 0.335 e. The van der Waals surface area contributed by atoms with Gasteiger partial charge in [-0.2, -0.15) is 4.98 Å². The van der Waals surface area contributed by atoms with Crippen LogP contribution in [0.3, 0.4) is 0 Å². The Morgan fingerprint density at radius 2 is 2.24 bits per heavy atom. The number of aromatic carboxylic acids is 1.